The van der Waals surface area contributed by atoms with E-state index in [-0.39, 0.29) is 34.5 Å². The van der Waals surface area contributed by atoms with Crippen LogP contribution < -0.4 is 5.32 Å². The minimum absolute atomic E-state index is 0.0285. The van der Waals surface area contributed by atoms with Crippen LogP contribution in [-0.4, -0.2) is 52.2 Å². The molecule has 3 rings (SSSR count). The number of anilines is 1. The van der Waals surface area contributed by atoms with Gasteiger partial charge in [0.05, 0.1) is 17.7 Å². The summed E-state index contributed by atoms with van der Waals surface area (Å²) in [5, 5.41) is 3.21. The monoisotopic (exact) mass is 400 g/mol. The lowest BCUT2D eigenvalue weighted by molar-refractivity contribution is -0.144. The lowest BCUT2D eigenvalue weighted by Crippen LogP contribution is -2.57. The molecule has 0 aliphatic carbocycles. The topological polar surface area (TPSA) is 50.3 Å². The molecule has 1 aliphatic heterocycles. The van der Waals surface area contributed by atoms with Crippen molar-refractivity contribution in [2.24, 2.45) is 0 Å². The van der Waals surface area contributed by atoms with Crippen LogP contribution in [0.5, 0.6) is 0 Å². The van der Waals surface area contributed by atoms with Gasteiger partial charge in [-0.05, 0) is 45.9 Å². The lowest BCUT2D eigenvalue weighted by atomic mass is 10.00. The first-order chi connectivity index (χ1) is 13.0. The van der Waals surface area contributed by atoms with E-state index in [1.165, 1.54) is 6.07 Å². The molecule has 1 N–H and O–H groups in total. The summed E-state index contributed by atoms with van der Waals surface area (Å²) in [4.78, 5) is 9.40. The van der Waals surface area contributed by atoms with E-state index < -0.39 is 17.8 Å². The third kappa shape index (κ3) is 4.52. The maximum Gasteiger partial charge on any atom is 0.451 e. The summed E-state index contributed by atoms with van der Waals surface area (Å²) >= 11 is 0. The Morgan fingerprint density at radius 2 is 1.79 bits per heavy atom. The number of hydrogen-bond acceptors (Lipinski definition) is 5. The van der Waals surface area contributed by atoms with Crippen LogP contribution >= 0.6 is 0 Å². The Balaban J connectivity index is 1.89. The first-order valence-corrected chi connectivity index (χ1v) is 9.14. The summed E-state index contributed by atoms with van der Waals surface area (Å²) < 4.78 is 59.0. The highest BCUT2D eigenvalue weighted by Gasteiger charge is 2.36. The maximum atomic E-state index is 13.7. The number of alkyl halides is 3. The highest BCUT2D eigenvalue weighted by Crippen LogP contribution is 2.31. The van der Waals surface area contributed by atoms with Gasteiger partial charge in [-0.15, -0.1) is 0 Å². The molecule has 0 bridgehead atoms. The average Bonchev–Trinajstić information content (AvgIpc) is 2.58. The number of halogens is 4. The molecule has 0 amide bonds. The van der Waals surface area contributed by atoms with Crippen LogP contribution in [0.1, 0.15) is 33.5 Å². The molecule has 1 saturated heterocycles. The smallest absolute Gasteiger partial charge is 0.373 e. The van der Waals surface area contributed by atoms with Crippen molar-refractivity contribution < 1.29 is 22.3 Å². The van der Waals surface area contributed by atoms with Gasteiger partial charge in [0.1, 0.15) is 11.6 Å². The van der Waals surface area contributed by atoms with Crippen molar-refractivity contribution in [3.8, 4) is 0 Å². The Hall–Kier alpha value is -2.00. The number of ether oxygens (including phenoxy) is 1. The molecule has 2 aromatic rings. The van der Waals surface area contributed by atoms with Crippen LogP contribution in [0.3, 0.4) is 0 Å². The predicted octanol–water partition coefficient (Wildman–Crippen LogP) is 4.09. The standard InChI is InChI=1S/C19H24F4N4O/c1-11-8-27(9-12(2)28-11)18(3,4)10-24-16-14-7-13(20)5-6-15(14)25-17(26-16)19(21,22)23/h5-7,11-12H,8-10H2,1-4H3,(H,24,25,26). The molecule has 1 fully saturated rings. The van der Waals surface area contributed by atoms with Gasteiger partial charge in [-0.2, -0.15) is 13.2 Å². The van der Waals surface area contributed by atoms with E-state index in [0.717, 1.165) is 12.1 Å². The Labute approximate surface area is 161 Å². The minimum Gasteiger partial charge on any atom is -0.373 e. The lowest BCUT2D eigenvalue weighted by Gasteiger charge is -2.45. The molecule has 9 heteroatoms. The third-order valence-corrected chi connectivity index (χ3v) is 4.88. The van der Waals surface area contributed by atoms with Gasteiger partial charge in [0, 0.05) is 30.6 Å². The van der Waals surface area contributed by atoms with Gasteiger partial charge >= 0.3 is 6.18 Å². The molecule has 0 radical (unpaired) electrons. The zero-order chi connectivity index (χ0) is 20.7. The molecule has 0 spiro atoms. The summed E-state index contributed by atoms with van der Waals surface area (Å²) in [6, 6.07) is 3.45. The number of fused-ring (bicyclic) bond motifs is 1. The van der Waals surface area contributed by atoms with Crippen molar-refractivity contribution in [2.75, 3.05) is 25.0 Å². The molecule has 0 saturated carbocycles. The highest BCUT2D eigenvalue weighted by molar-refractivity contribution is 5.89. The average molecular weight is 400 g/mol. The van der Waals surface area contributed by atoms with Crippen LogP contribution in [0.25, 0.3) is 10.9 Å². The van der Waals surface area contributed by atoms with Gasteiger partial charge in [0.2, 0.25) is 5.82 Å². The molecule has 1 aromatic carbocycles. The maximum absolute atomic E-state index is 13.7. The summed E-state index contributed by atoms with van der Waals surface area (Å²) in [5.41, 5.74) is -0.340. The van der Waals surface area contributed by atoms with Crippen molar-refractivity contribution in [3.63, 3.8) is 0 Å². The zero-order valence-electron chi connectivity index (χ0n) is 16.3. The van der Waals surface area contributed by atoms with E-state index in [2.05, 4.69) is 20.2 Å². The molecular formula is C19H24F4N4O. The van der Waals surface area contributed by atoms with Gasteiger partial charge in [0.15, 0.2) is 0 Å². The Morgan fingerprint density at radius 3 is 2.39 bits per heavy atom. The van der Waals surface area contributed by atoms with E-state index in [4.69, 9.17) is 4.74 Å². The van der Waals surface area contributed by atoms with Crippen LogP contribution in [0.4, 0.5) is 23.4 Å². The summed E-state index contributed by atoms with van der Waals surface area (Å²) in [6.45, 7) is 9.73. The van der Waals surface area contributed by atoms with Crippen LogP contribution in [0.2, 0.25) is 0 Å². The Bertz CT molecular complexity index is 846. The summed E-state index contributed by atoms with van der Waals surface area (Å²) in [7, 11) is 0. The molecule has 1 aromatic heterocycles. The van der Waals surface area contributed by atoms with Gasteiger partial charge in [-0.1, -0.05) is 0 Å². The largest absolute Gasteiger partial charge is 0.451 e. The molecule has 2 atom stereocenters. The van der Waals surface area contributed by atoms with E-state index in [0.29, 0.717) is 19.6 Å². The SMILES string of the molecule is CC1CN(C(C)(C)CNc2nc(C(F)(F)F)nc3ccc(F)cc23)CC(C)O1. The fourth-order valence-corrected chi connectivity index (χ4v) is 3.45. The second-order valence-corrected chi connectivity index (χ2v) is 7.88. The number of morpholine rings is 1. The number of nitrogens with zero attached hydrogens (tertiary/aromatic N) is 3. The number of nitrogens with one attached hydrogen (secondary N) is 1. The number of benzene rings is 1. The van der Waals surface area contributed by atoms with E-state index >= 15 is 0 Å². The van der Waals surface area contributed by atoms with Gasteiger partial charge in [-0.25, -0.2) is 14.4 Å². The Morgan fingerprint density at radius 1 is 1.14 bits per heavy atom. The second-order valence-electron chi connectivity index (χ2n) is 7.88. The molecule has 5 nitrogen and oxygen atoms in total. The van der Waals surface area contributed by atoms with E-state index in [1.807, 2.05) is 27.7 Å². The quantitative estimate of drug-likeness (QED) is 0.784. The third-order valence-electron chi connectivity index (χ3n) is 4.88. The highest BCUT2D eigenvalue weighted by atomic mass is 19.4. The molecule has 2 unspecified atom stereocenters. The van der Waals surface area contributed by atoms with Crippen LogP contribution in [0, 0.1) is 5.82 Å². The molecule has 28 heavy (non-hydrogen) atoms. The van der Waals surface area contributed by atoms with Gasteiger partial charge < -0.3 is 10.1 Å². The van der Waals surface area contributed by atoms with Crippen molar-refractivity contribution in [2.45, 2.75) is 51.6 Å². The first-order valence-electron chi connectivity index (χ1n) is 9.14. The predicted molar refractivity (Wildman–Crippen MR) is 98.6 cm³/mol. The van der Waals surface area contributed by atoms with Gasteiger partial charge in [-0.3, -0.25) is 4.90 Å². The molecule has 2 heterocycles. The minimum atomic E-state index is -4.69. The first kappa shape index (κ1) is 20.7. The van der Waals surface area contributed by atoms with Crippen LogP contribution in [-0.2, 0) is 10.9 Å². The van der Waals surface area contributed by atoms with E-state index in [9.17, 15) is 17.6 Å². The second kappa shape index (κ2) is 7.44. The summed E-state index contributed by atoms with van der Waals surface area (Å²) in [5.74, 6) is -1.84. The molecule has 1 aliphatic rings. The van der Waals surface area contributed by atoms with Crippen molar-refractivity contribution in [3.05, 3.63) is 29.8 Å². The van der Waals surface area contributed by atoms with Crippen molar-refractivity contribution in [1.82, 2.24) is 14.9 Å². The molecular weight excluding hydrogens is 376 g/mol. The normalized spacial score (nSPS) is 21.9. The van der Waals surface area contributed by atoms with Crippen LogP contribution in [0.15, 0.2) is 18.2 Å². The Kier molecular flexibility index (Phi) is 5.51. The summed E-state index contributed by atoms with van der Waals surface area (Å²) in [6.07, 6.45) is -4.56. The van der Waals surface area contributed by atoms with Gasteiger partial charge in [0.25, 0.3) is 0 Å². The van der Waals surface area contributed by atoms with Crippen molar-refractivity contribution in [1.29, 1.82) is 0 Å². The fraction of sp³-hybridized carbons (Fsp3) is 0.579. The molecule has 154 valence electrons. The number of hydrogen-bond donors (Lipinski definition) is 1. The number of aromatic nitrogens is 2. The zero-order valence-corrected chi connectivity index (χ0v) is 16.3. The van der Waals surface area contributed by atoms with E-state index in [1.54, 1.807) is 0 Å². The number of rotatable bonds is 4. The van der Waals surface area contributed by atoms with Crippen molar-refractivity contribution >= 4 is 16.7 Å². The fourth-order valence-electron chi connectivity index (χ4n) is 3.45.